The van der Waals surface area contributed by atoms with E-state index in [1.165, 1.54) is 38.6 Å². The second-order valence-corrected chi connectivity index (χ2v) is 4.49. The first-order valence-electron chi connectivity index (χ1n) is 6.82. The molecule has 0 aromatic carbocycles. The molecule has 4 nitrogen and oxygen atoms in total. The Balaban J connectivity index is 0.000000581. The van der Waals surface area contributed by atoms with Crippen molar-refractivity contribution >= 4 is 6.79 Å². The minimum absolute atomic E-state index is 0.346. The average molecular weight is 243 g/mol. The Morgan fingerprint density at radius 3 is 2.47 bits per heavy atom. The van der Waals surface area contributed by atoms with Gasteiger partial charge in [-0.25, -0.2) is 0 Å². The number of carbonyl (C=O) groups is 1. The van der Waals surface area contributed by atoms with Gasteiger partial charge in [-0.05, 0) is 45.2 Å². The van der Waals surface area contributed by atoms with Crippen LogP contribution < -0.4 is 16.4 Å². The van der Waals surface area contributed by atoms with Crippen LogP contribution in [0.15, 0.2) is 0 Å². The number of nitrogens with two attached hydrogens (primary N) is 1. The number of rotatable bonds is 5. The van der Waals surface area contributed by atoms with Gasteiger partial charge < -0.3 is 21.2 Å². The van der Waals surface area contributed by atoms with E-state index in [1.807, 2.05) is 20.6 Å². The minimum atomic E-state index is 0.346. The van der Waals surface area contributed by atoms with E-state index < -0.39 is 0 Å². The average Bonchev–Trinajstić information content (AvgIpc) is 3.00. The summed E-state index contributed by atoms with van der Waals surface area (Å²) in [6, 6.07) is 0.765. The van der Waals surface area contributed by atoms with Gasteiger partial charge in [-0.2, -0.15) is 0 Å². The highest BCUT2D eigenvalue weighted by Gasteiger charge is 2.40. The van der Waals surface area contributed by atoms with Crippen LogP contribution >= 0.6 is 0 Å². The normalized spacial score (nSPS) is 24.1. The number of carbonyl (C=O) groups excluding carboxylic acids is 1. The summed E-state index contributed by atoms with van der Waals surface area (Å²) in [5, 5.41) is 7.09. The monoisotopic (exact) mass is 243 g/mol. The number of nitrogens with one attached hydrogen (secondary N) is 2. The molecule has 1 aliphatic carbocycles. The van der Waals surface area contributed by atoms with Crippen LogP contribution in [0.4, 0.5) is 0 Å². The van der Waals surface area contributed by atoms with E-state index in [2.05, 4.69) is 10.6 Å². The topological polar surface area (TPSA) is 67.2 Å². The zero-order valence-electron chi connectivity index (χ0n) is 11.4. The Hall–Kier alpha value is -0.450. The highest BCUT2D eigenvalue weighted by molar-refractivity contribution is 5.11. The summed E-state index contributed by atoms with van der Waals surface area (Å²) in [5.74, 6) is 0. The lowest BCUT2D eigenvalue weighted by Gasteiger charge is -2.16. The molecular weight excluding hydrogens is 214 g/mol. The minimum Gasteiger partial charge on any atom is -0.329 e. The molecule has 2 aliphatic rings. The van der Waals surface area contributed by atoms with Crippen LogP contribution in [-0.4, -0.2) is 38.0 Å². The first-order valence-corrected chi connectivity index (χ1v) is 6.82. The van der Waals surface area contributed by atoms with Gasteiger partial charge in [0.15, 0.2) is 0 Å². The van der Waals surface area contributed by atoms with Gasteiger partial charge in [0, 0.05) is 18.1 Å². The van der Waals surface area contributed by atoms with Gasteiger partial charge in [-0.1, -0.05) is 13.8 Å². The molecule has 0 aromatic heterocycles. The van der Waals surface area contributed by atoms with Crippen LogP contribution in [0.25, 0.3) is 0 Å². The van der Waals surface area contributed by atoms with E-state index in [0.29, 0.717) is 5.54 Å². The van der Waals surface area contributed by atoms with Crippen LogP contribution in [-0.2, 0) is 4.79 Å². The lowest BCUT2D eigenvalue weighted by atomic mass is 10.1. The third-order valence-electron chi connectivity index (χ3n) is 3.40. The SMILES string of the molecule is C=O.CC.NCC1(NCCC2CCCN2)CC1. The maximum absolute atomic E-state index is 8.00. The summed E-state index contributed by atoms with van der Waals surface area (Å²) >= 11 is 0. The van der Waals surface area contributed by atoms with Crippen molar-refractivity contribution in [1.29, 1.82) is 0 Å². The number of hydrogen-bond donors (Lipinski definition) is 3. The Labute approximate surface area is 106 Å². The molecule has 0 radical (unpaired) electrons. The highest BCUT2D eigenvalue weighted by Crippen LogP contribution is 2.33. The highest BCUT2D eigenvalue weighted by atomic mass is 16.1. The summed E-state index contributed by atoms with van der Waals surface area (Å²) in [6.45, 7) is 9.16. The molecule has 2 fully saturated rings. The summed E-state index contributed by atoms with van der Waals surface area (Å²) in [6.07, 6.45) is 6.54. The molecule has 4 N–H and O–H groups in total. The Kier molecular flexibility index (Phi) is 9.31. The fraction of sp³-hybridized carbons (Fsp3) is 0.923. The molecule has 0 spiro atoms. The molecule has 0 bridgehead atoms. The van der Waals surface area contributed by atoms with E-state index in [1.54, 1.807) is 0 Å². The standard InChI is InChI=1S/C10H21N3.C2H6.CH2O/c11-8-10(4-5-10)13-7-3-9-2-1-6-12-9;2*1-2/h9,12-13H,1-8,11H2;1-2H3;1H2. The first-order chi connectivity index (χ1) is 8.35. The van der Waals surface area contributed by atoms with E-state index in [-0.39, 0.29) is 0 Å². The Bertz CT molecular complexity index is 178. The molecule has 1 saturated heterocycles. The lowest BCUT2D eigenvalue weighted by Crippen LogP contribution is -2.40. The largest absolute Gasteiger partial charge is 0.329 e. The van der Waals surface area contributed by atoms with Crippen molar-refractivity contribution < 1.29 is 4.79 Å². The van der Waals surface area contributed by atoms with Crippen molar-refractivity contribution in [2.45, 2.75) is 57.5 Å². The summed E-state index contributed by atoms with van der Waals surface area (Å²) < 4.78 is 0. The van der Waals surface area contributed by atoms with Gasteiger partial charge in [0.1, 0.15) is 6.79 Å². The van der Waals surface area contributed by atoms with Gasteiger partial charge >= 0.3 is 0 Å². The van der Waals surface area contributed by atoms with E-state index in [9.17, 15) is 0 Å². The fourth-order valence-electron chi connectivity index (χ4n) is 2.12. The third kappa shape index (κ3) is 6.15. The maximum Gasteiger partial charge on any atom is 0.106 e. The smallest absolute Gasteiger partial charge is 0.106 e. The molecule has 0 aromatic rings. The zero-order chi connectivity index (χ0) is 13.1. The van der Waals surface area contributed by atoms with Gasteiger partial charge in [0.25, 0.3) is 0 Å². The van der Waals surface area contributed by atoms with Crippen molar-refractivity contribution in [1.82, 2.24) is 10.6 Å². The Morgan fingerprint density at radius 1 is 1.41 bits per heavy atom. The molecule has 1 atom stereocenters. The van der Waals surface area contributed by atoms with Gasteiger partial charge in [0.2, 0.25) is 0 Å². The van der Waals surface area contributed by atoms with Crippen molar-refractivity contribution in [2.24, 2.45) is 5.73 Å². The Morgan fingerprint density at radius 2 is 2.06 bits per heavy atom. The van der Waals surface area contributed by atoms with Crippen LogP contribution in [0.1, 0.15) is 46.0 Å². The lowest BCUT2D eigenvalue weighted by molar-refractivity contribution is -0.0979. The van der Waals surface area contributed by atoms with Crippen LogP contribution in [0, 0.1) is 0 Å². The third-order valence-corrected chi connectivity index (χ3v) is 3.40. The van der Waals surface area contributed by atoms with Crippen LogP contribution in [0.2, 0.25) is 0 Å². The van der Waals surface area contributed by atoms with Crippen LogP contribution in [0.3, 0.4) is 0 Å². The van der Waals surface area contributed by atoms with Crippen molar-refractivity contribution in [2.75, 3.05) is 19.6 Å². The summed E-state index contributed by atoms with van der Waals surface area (Å²) in [7, 11) is 0. The van der Waals surface area contributed by atoms with E-state index in [4.69, 9.17) is 10.5 Å². The molecular formula is C13H29N3O. The van der Waals surface area contributed by atoms with E-state index >= 15 is 0 Å². The van der Waals surface area contributed by atoms with E-state index in [0.717, 1.165) is 19.1 Å². The summed E-state index contributed by atoms with van der Waals surface area (Å²) in [5.41, 5.74) is 6.03. The molecule has 1 aliphatic heterocycles. The van der Waals surface area contributed by atoms with Crippen molar-refractivity contribution in [3.8, 4) is 0 Å². The number of hydrogen-bond acceptors (Lipinski definition) is 4. The second kappa shape index (κ2) is 9.57. The van der Waals surface area contributed by atoms with Crippen molar-refractivity contribution in [3.05, 3.63) is 0 Å². The predicted octanol–water partition coefficient (Wildman–Crippen LogP) is 1.05. The van der Waals surface area contributed by atoms with Gasteiger partial charge in [-0.3, -0.25) is 0 Å². The maximum atomic E-state index is 8.00. The molecule has 4 heteroatoms. The molecule has 1 saturated carbocycles. The van der Waals surface area contributed by atoms with Crippen molar-refractivity contribution in [3.63, 3.8) is 0 Å². The molecule has 2 rings (SSSR count). The van der Waals surface area contributed by atoms with Gasteiger partial charge in [0.05, 0.1) is 0 Å². The molecule has 102 valence electrons. The second-order valence-electron chi connectivity index (χ2n) is 4.49. The summed E-state index contributed by atoms with van der Waals surface area (Å²) in [4.78, 5) is 8.00. The molecule has 1 heterocycles. The predicted molar refractivity (Wildman–Crippen MR) is 73.1 cm³/mol. The molecule has 17 heavy (non-hydrogen) atoms. The molecule has 0 amide bonds. The quantitative estimate of drug-likeness (QED) is 0.675. The zero-order valence-corrected chi connectivity index (χ0v) is 11.4. The van der Waals surface area contributed by atoms with Crippen LogP contribution in [0.5, 0.6) is 0 Å². The van der Waals surface area contributed by atoms with Gasteiger partial charge in [-0.15, -0.1) is 0 Å². The first kappa shape index (κ1) is 16.6. The molecule has 1 unspecified atom stereocenters. The fourth-order valence-corrected chi connectivity index (χ4v) is 2.12.